The Bertz CT molecular complexity index is 736. The molecule has 0 fully saturated rings. The van der Waals surface area contributed by atoms with Crippen molar-refractivity contribution < 1.29 is 9.15 Å². The second kappa shape index (κ2) is 6.62. The average Bonchev–Trinajstić information content (AvgIpc) is 2.97. The van der Waals surface area contributed by atoms with Crippen molar-refractivity contribution in [2.24, 2.45) is 0 Å². The quantitative estimate of drug-likeness (QED) is 0.703. The van der Waals surface area contributed by atoms with Crippen LogP contribution in [0.4, 0.5) is 0 Å². The first kappa shape index (κ1) is 14.6. The molecule has 112 valence electrons. The van der Waals surface area contributed by atoms with Crippen LogP contribution in [-0.4, -0.2) is 16.8 Å². The molecule has 0 amide bonds. The Labute approximate surface area is 133 Å². The zero-order valence-corrected chi connectivity index (χ0v) is 12.9. The van der Waals surface area contributed by atoms with E-state index in [0.29, 0.717) is 23.4 Å². The van der Waals surface area contributed by atoms with E-state index in [4.69, 9.17) is 20.8 Å². The lowest BCUT2D eigenvalue weighted by atomic mass is 10.1. The Morgan fingerprint density at radius 3 is 2.36 bits per heavy atom. The number of halogens is 1. The zero-order valence-electron chi connectivity index (χ0n) is 12.1. The van der Waals surface area contributed by atoms with Crippen LogP contribution in [0.25, 0.3) is 11.5 Å². The average molecular weight is 315 g/mol. The van der Waals surface area contributed by atoms with Gasteiger partial charge in [-0.3, -0.25) is 0 Å². The van der Waals surface area contributed by atoms with Crippen LogP contribution in [0.3, 0.4) is 0 Å². The molecule has 0 spiro atoms. The minimum Gasteiger partial charge on any atom is -0.493 e. The smallest absolute Gasteiger partial charge is 0.247 e. The van der Waals surface area contributed by atoms with E-state index in [1.807, 2.05) is 48.5 Å². The summed E-state index contributed by atoms with van der Waals surface area (Å²) in [6.07, 6.45) is 0.825. The maximum absolute atomic E-state index is 5.84. The van der Waals surface area contributed by atoms with E-state index >= 15 is 0 Å². The van der Waals surface area contributed by atoms with E-state index in [9.17, 15) is 0 Å². The lowest BCUT2D eigenvalue weighted by Gasteiger charge is -2.06. The molecule has 5 heteroatoms. The maximum atomic E-state index is 5.84. The predicted octanol–water partition coefficient (Wildman–Crippen LogP) is 4.32. The molecule has 0 radical (unpaired) electrons. The van der Waals surface area contributed by atoms with E-state index in [2.05, 4.69) is 10.2 Å². The number of hydrogen-bond donors (Lipinski definition) is 0. The first-order valence-corrected chi connectivity index (χ1v) is 7.36. The van der Waals surface area contributed by atoms with E-state index in [1.54, 1.807) is 6.92 Å². The lowest BCUT2D eigenvalue weighted by Crippen LogP contribution is -2.01. The fourth-order valence-electron chi connectivity index (χ4n) is 2.04. The molecular weight excluding hydrogens is 300 g/mol. The van der Waals surface area contributed by atoms with Crippen molar-refractivity contribution in [3.05, 3.63) is 65.0 Å². The maximum Gasteiger partial charge on any atom is 0.247 e. The topological polar surface area (TPSA) is 48.2 Å². The van der Waals surface area contributed by atoms with E-state index in [-0.39, 0.29) is 0 Å². The zero-order chi connectivity index (χ0) is 15.4. The molecule has 0 saturated heterocycles. The number of rotatable bonds is 5. The normalized spacial score (nSPS) is 10.6. The number of nitrogens with zero attached hydrogens (tertiary/aromatic N) is 2. The van der Waals surface area contributed by atoms with Gasteiger partial charge >= 0.3 is 0 Å². The van der Waals surface area contributed by atoms with Crippen LogP contribution in [0.1, 0.15) is 11.5 Å². The summed E-state index contributed by atoms with van der Waals surface area (Å²) in [4.78, 5) is 0. The number of hydrogen-bond acceptors (Lipinski definition) is 4. The molecule has 4 nitrogen and oxygen atoms in total. The Morgan fingerprint density at radius 1 is 1.00 bits per heavy atom. The highest BCUT2D eigenvalue weighted by Gasteiger charge is 2.05. The molecule has 0 bridgehead atoms. The third-order valence-corrected chi connectivity index (χ3v) is 3.45. The Hall–Kier alpha value is -2.33. The molecule has 22 heavy (non-hydrogen) atoms. The molecule has 0 saturated carbocycles. The van der Waals surface area contributed by atoms with Gasteiger partial charge in [-0.15, -0.1) is 10.2 Å². The third kappa shape index (κ3) is 3.65. The van der Waals surface area contributed by atoms with Crippen LogP contribution < -0.4 is 4.74 Å². The van der Waals surface area contributed by atoms with E-state index < -0.39 is 0 Å². The Balaban J connectivity index is 1.56. The second-order valence-electron chi connectivity index (χ2n) is 4.88. The molecule has 0 atom stereocenters. The molecule has 0 N–H and O–H groups in total. The predicted molar refractivity (Wildman–Crippen MR) is 85.1 cm³/mol. The largest absolute Gasteiger partial charge is 0.493 e. The Morgan fingerprint density at radius 2 is 1.73 bits per heavy atom. The Kier molecular flexibility index (Phi) is 4.39. The summed E-state index contributed by atoms with van der Waals surface area (Å²) in [7, 11) is 0. The first-order chi connectivity index (χ1) is 10.7. The molecule has 1 heterocycles. The molecule has 1 aromatic heterocycles. The van der Waals surface area contributed by atoms with Crippen molar-refractivity contribution >= 4 is 11.6 Å². The summed E-state index contributed by atoms with van der Waals surface area (Å²) in [6.45, 7) is 2.39. The van der Waals surface area contributed by atoms with Gasteiger partial charge in [-0.1, -0.05) is 23.7 Å². The number of benzene rings is 2. The number of aromatic nitrogens is 2. The first-order valence-electron chi connectivity index (χ1n) is 6.98. The summed E-state index contributed by atoms with van der Waals surface area (Å²) < 4.78 is 11.1. The van der Waals surface area contributed by atoms with Crippen LogP contribution >= 0.6 is 11.6 Å². The SMILES string of the molecule is Cc1nnc(-c2ccc(CCOc3ccc(Cl)cc3)cc2)o1. The van der Waals surface area contributed by atoms with Gasteiger partial charge in [0, 0.05) is 23.9 Å². The minimum atomic E-state index is 0.543. The molecule has 2 aromatic carbocycles. The fourth-order valence-corrected chi connectivity index (χ4v) is 2.17. The van der Waals surface area contributed by atoms with Gasteiger partial charge in [0.25, 0.3) is 0 Å². The summed E-state index contributed by atoms with van der Waals surface area (Å²) >= 11 is 5.84. The van der Waals surface area contributed by atoms with Crippen molar-refractivity contribution in [1.82, 2.24) is 10.2 Å². The lowest BCUT2D eigenvalue weighted by molar-refractivity contribution is 0.322. The van der Waals surface area contributed by atoms with Gasteiger partial charge in [0.05, 0.1) is 6.61 Å². The second-order valence-corrected chi connectivity index (χ2v) is 5.31. The third-order valence-electron chi connectivity index (χ3n) is 3.20. The van der Waals surface area contributed by atoms with Crippen LogP contribution in [0.15, 0.2) is 52.9 Å². The molecule has 3 rings (SSSR count). The molecule has 0 aliphatic heterocycles. The molecular formula is C17H15ClN2O2. The van der Waals surface area contributed by atoms with Crippen molar-refractivity contribution in [2.45, 2.75) is 13.3 Å². The highest BCUT2D eigenvalue weighted by Crippen LogP contribution is 2.19. The van der Waals surface area contributed by atoms with E-state index in [0.717, 1.165) is 17.7 Å². The van der Waals surface area contributed by atoms with Crippen molar-refractivity contribution in [2.75, 3.05) is 6.61 Å². The van der Waals surface area contributed by atoms with Gasteiger partial charge in [0.15, 0.2) is 0 Å². The van der Waals surface area contributed by atoms with Gasteiger partial charge in [0.2, 0.25) is 11.8 Å². The standard InChI is InChI=1S/C17H15ClN2O2/c1-12-19-20-17(22-12)14-4-2-13(3-5-14)10-11-21-16-8-6-15(18)7-9-16/h2-9H,10-11H2,1H3. The van der Waals surface area contributed by atoms with Crippen molar-refractivity contribution in [1.29, 1.82) is 0 Å². The summed E-state index contributed by atoms with van der Waals surface area (Å²) in [5.74, 6) is 1.93. The number of aryl methyl sites for hydroxylation is 1. The summed E-state index contributed by atoms with van der Waals surface area (Å²) in [5.41, 5.74) is 2.11. The summed E-state index contributed by atoms with van der Waals surface area (Å²) in [5, 5.41) is 8.54. The van der Waals surface area contributed by atoms with Gasteiger partial charge in [0.1, 0.15) is 5.75 Å². The van der Waals surface area contributed by atoms with Crippen molar-refractivity contribution in [3.8, 4) is 17.2 Å². The van der Waals surface area contributed by atoms with Gasteiger partial charge in [-0.2, -0.15) is 0 Å². The van der Waals surface area contributed by atoms with Crippen LogP contribution in [0.5, 0.6) is 5.75 Å². The molecule has 0 aliphatic rings. The molecule has 0 unspecified atom stereocenters. The van der Waals surface area contributed by atoms with Gasteiger partial charge in [-0.05, 0) is 42.0 Å². The number of ether oxygens (including phenoxy) is 1. The van der Waals surface area contributed by atoms with Crippen LogP contribution in [0.2, 0.25) is 5.02 Å². The monoisotopic (exact) mass is 314 g/mol. The molecule has 0 aliphatic carbocycles. The highest BCUT2D eigenvalue weighted by atomic mass is 35.5. The van der Waals surface area contributed by atoms with Crippen molar-refractivity contribution in [3.63, 3.8) is 0 Å². The highest BCUT2D eigenvalue weighted by molar-refractivity contribution is 6.30. The fraction of sp³-hybridized carbons (Fsp3) is 0.176. The van der Waals surface area contributed by atoms with E-state index in [1.165, 1.54) is 5.56 Å². The summed E-state index contributed by atoms with van der Waals surface area (Å²) in [6, 6.07) is 15.4. The minimum absolute atomic E-state index is 0.543. The van der Waals surface area contributed by atoms with Crippen LogP contribution in [0, 0.1) is 6.92 Å². The van der Waals surface area contributed by atoms with Crippen LogP contribution in [-0.2, 0) is 6.42 Å². The van der Waals surface area contributed by atoms with Gasteiger partial charge in [-0.25, -0.2) is 0 Å². The molecule has 3 aromatic rings. The van der Waals surface area contributed by atoms with Gasteiger partial charge < -0.3 is 9.15 Å².